The molecule has 2 aromatic rings. The van der Waals surface area contributed by atoms with Crippen molar-refractivity contribution in [3.05, 3.63) is 53.1 Å². The minimum Gasteiger partial charge on any atom is -0.496 e. The molecule has 1 N–H and O–H groups in total. The number of rotatable bonds is 4. The number of sulfonamides is 1. The highest BCUT2D eigenvalue weighted by Crippen LogP contribution is 2.33. The maximum absolute atomic E-state index is 12.9. The van der Waals surface area contributed by atoms with Crippen molar-refractivity contribution in [1.82, 2.24) is 4.72 Å². The molecule has 1 aliphatic heterocycles. The summed E-state index contributed by atoms with van der Waals surface area (Å²) in [7, 11) is -2.07. The second-order valence-corrected chi connectivity index (χ2v) is 7.62. The van der Waals surface area contributed by atoms with Crippen LogP contribution in [0.15, 0.2) is 41.3 Å². The van der Waals surface area contributed by atoms with E-state index in [1.807, 2.05) is 31.2 Å². The summed E-state index contributed by atoms with van der Waals surface area (Å²) in [6, 6.07) is 10.6. The third kappa shape index (κ3) is 3.12. The Labute approximate surface area is 142 Å². The normalized spacial score (nSPS) is 17.0. The van der Waals surface area contributed by atoms with Gasteiger partial charge in [-0.15, -0.1) is 0 Å². The van der Waals surface area contributed by atoms with Gasteiger partial charge in [0.1, 0.15) is 11.5 Å². The van der Waals surface area contributed by atoms with Crippen molar-refractivity contribution in [2.24, 2.45) is 0 Å². The van der Waals surface area contributed by atoms with E-state index in [2.05, 4.69) is 4.72 Å². The lowest BCUT2D eigenvalue weighted by Crippen LogP contribution is -2.32. The Morgan fingerprint density at radius 2 is 1.92 bits per heavy atom. The van der Waals surface area contributed by atoms with E-state index in [9.17, 15) is 8.42 Å². The minimum absolute atomic E-state index is 0.282. The fourth-order valence-electron chi connectivity index (χ4n) is 2.99. The number of hydrogen-bond donors (Lipinski definition) is 1. The standard InChI is InChI=1S/C18H21NO4S/c1-12-11-18(13(2)10-17(12)22-3)24(20,21)19-15-8-9-23-16-7-5-4-6-14(15)16/h4-7,10-11,15,19H,8-9H2,1-3H3. The topological polar surface area (TPSA) is 64.6 Å². The molecule has 1 atom stereocenters. The van der Waals surface area contributed by atoms with Gasteiger partial charge in [0.15, 0.2) is 0 Å². The third-order valence-corrected chi connectivity index (χ3v) is 5.85. The third-order valence-electron chi connectivity index (χ3n) is 4.24. The molecule has 1 heterocycles. The van der Waals surface area contributed by atoms with E-state index in [4.69, 9.17) is 9.47 Å². The van der Waals surface area contributed by atoms with Gasteiger partial charge >= 0.3 is 0 Å². The lowest BCUT2D eigenvalue weighted by molar-refractivity contribution is 0.263. The molecule has 0 aliphatic carbocycles. The van der Waals surface area contributed by atoms with Crippen LogP contribution >= 0.6 is 0 Å². The highest BCUT2D eigenvalue weighted by Gasteiger charge is 2.27. The SMILES string of the molecule is COc1cc(C)c(S(=O)(=O)NC2CCOc3ccccc32)cc1C. The Hall–Kier alpha value is -2.05. The molecule has 5 nitrogen and oxygen atoms in total. The number of hydrogen-bond acceptors (Lipinski definition) is 4. The van der Waals surface area contributed by atoms with Crippen LogP contribution in [0.4, 0.5) is 0 Å². The highest BCUT2D eigenvalue weighted by atomic mass is 32.2. The Balaban J connectivity index is 1.95. The van der Waals surface area contributed by atoms with Crippen LogP contribution in [0.1, 0.15) is 29.2 Å². The average molecular weight is 347 g/mol. The number of methoxy groups -OCH3 is 1. The minimum atomic E-state index is -3.64. The van der Waals surface area contributed by atoms with Gasteiger partial charge in [0.05, 0.1) is 24.7 Å². The predicted molar refractivity (Wildman–Crippen MR) is 92.1 cm³/mol. The molecule has 24 heavy (non-hydrogen) atoms. The molecule has 0 amide bonds. The van der Waals surface area contributed by atoms with E-state index in [1.54, 1.807) is 26.2 Å². The van der Waals surface area contributed by atoms with Gasteiger partial charge in [-0.25, -0.2) is 13.1 Å². The summed E-state index contributed by atoms with van der Waals surface area (Å²) in [6.45, 7) is 4.10. The molecule has 1 aliphatic rings. The molecule has 0 radical (unpaired) electrons. The van der Waals surface area contributed by atoms with Crippen LogP contribution in [0.3, 0.4) is 0 Å². The summed E-state index contributed by atoms with van der Waals surface area (Å²) in [5.74, 6) is 1.42. The van der Waals surface area contributed by atoms with Gasteiger partial charge in [-0.1, -0.05) is 18.2 Å². The first-order valence-corrected chi connectivity index (χ1v) is 9.30. The molecule has 6 heteroatoms. The lowest BCUT2D eigenvalue weighted by atomic mass is 10.0. The molecule has 1 unspecified atom stereocenters. The number of para-hydroxylation sites is 1. The number of benzene rings is 2. The summed E-state index contributed by atoms with van der Waals surface area (Å²) < 4.78 is 39.5. The summed E-state index contributed by atoms with van der Waals surface area (Å²) in [4.78, 5) is 0.282. The lowest BCUT2D eigenvalue weighted by Gasteiger charge is -2.26. The van der Waals surface area contributed by atoms with Crippen LogP contribution in [0.2, 0.25) is 0 Å². The van der Waals surface area contributed by atoms with E-state index >= 15 is 0 Å². The highest BCUT2D eigenvalue weighted by molar-refractivity contribution is 7.89. The van der Waals surface area contributed by atoms with Gasteiger partial charge in [-0.2, -0.15) is 0 Å². The van der Waals surface area contributed by atoms with E-state index in [0.29, 0.717) is 24.3 Å². The second-order valence-electron chi connectivity index (χ2n) is 5.94. The monoisotopic (exact) mass is 347 g/mol. The Morgan fingerprint density at radius 3 is 2.67 bits per heavy atom. The van der Waals surface area contributed by atoms with Gasteiger partial charge in [0.25, 0.3) is 0 Å². The fraction of sp³-hybridized carbons (Fsp3) is 0.333. The number of aryl methyl sites for hydroxylation is 2. The summed E-state index contributed by atoms with van der Waals surface area (Å²) >= 11 is 0. The van der Waals surface area contributed by atoms with Gasteiger partial charge in [-0.05, 0) is 43.2 Å². The van der Waals surface area contributed by atoms with E-state index < -0.39 is 10.0 Å². The Morgan fingerprint density at radius 1 is 1.17 bits per heavy atom. The molecule has 0 aromatic heterocycles. The molecular formula is C18H21NO4S. The van der Waals surface area contributed by atoms with Crippen LogP contribution in [0.5, 0.6) is 11.5 Å². The first kappa shape index (κ1) is 16.8. The van der Waals surface area contributed by atoms with Crippen molar-refractivity contribution in [3.8, 4) is 11.5 Å². The van der Waals surface area contributed by atoms with E-state index in [1.165, 1.54) is 0 Å². The van der Waals surface area contributed by atoms with Crippen LogP contribution in [-0.4, -0.2) is 22.1 Å². The van der Waals surface area contributed by atoms with Crippen molar-refractivity contribution in [3.63, 3.8) is 0 Å². The number of ether oxygens (including phenoxy) is 2. The van der Waals surface area contributed by atoms with Gasteiger partial charge in [-0.3, -0.25) is 0 Å². The summed E-state index contributed by atoms with van der Waals surface area (Å²) in [5.41, 5.74) is 2.32. The number of nitrogens with one attached hydrogen (secondary N) is 1. The smallest absolute Gasteiger partial charge is 0.241 e. The summed E-state index contributed by atoms with van der Waals surface area (Å²) in [6.07, 6.45) is 0.602. The molecular weight excluding hydrogens is 326 g/mol. The quantitative estimate of drug-likeness (QED) is 0.923. The Bertz CT molecular complexity index is 861. The molecule has 0 saturated carbocycles. The molecule has 3 rings (SSSR count). The molecule has 128 valence electrons. The zero-order valence-corrected chi connectivity index (χ0v) is 14.8. The molecule has 0 bridgehead atoms. The van der Waals surface area contributed by atoms with Crippen LogP contribution in [0, 0.1) is 13.8 Å². The van der Waals surface area contributed by atoms with Crippen LogP contribution < -0.4 is 14.2 Å². The molecule has 0 fully saturated rings. The first-order valence-electron chi connectivity index (χ1n) is 7.81. The second kappa shape index (κ2) is 6.45. The zero-order chi connectivity index (χ0) is 17.3. The zero-order valence-electron chi connectivity index (χ0n) is 14.0. The van der Waals surface area contributed by atoms with Gasteiger partial charge in [0, 0.05) is 12.0 Å². The first-order chi connectivity index (χ1) is 11.4. The molecule has 0 saturated heterocycles. The van der Waals surface area contributed by atoms with E-state index in [-0.39, 0.29) is 10.9 Å². The number of fused-ring (bicyclic) bond motifs is 1. The van der Waals surface area contributed by atoms with Crippen molar-refractivity contribution in [2.75, 3.05) is 13.7 Å². The van der Waals surface area contributed by atoms with Crippen LogP contribution in [0.25, 0.3) is 0 Å². The largest absolute Gasteiger partial charge is 0.496 e. The van der Waals surface area contributed by atoms with Crippen molar-refractivity contribution >= 4 is 10.0 Å². The van der Waals surface area contributed by atoms with E-state index in [0.717, 1.165) is 16.9 Å². The summed E-state index contributed by atoms with van der Waals surface area (Å²) in [5, 5.41) is 0. The average Bonchev–Trinajstić information content (AvgIpc) is 2.56. The molecule has 2 aromatic carbocycles. The van der Waals surface area contributed by atoms with Crippen molar-refractivity contribution in [2.45, 2.75) is 31.2 Å². The predicted octanol–water partition coefficient (Wildman–Crippen LogP) is 3.11. The van der Waals surface area contributed by atoms with Crippen molar-refractivity contribution in [1.29, 1.82) is 0 Å². The maximum Gasteiger partial charge on any atom is 0.241 e. The molecule has 0 spiro atoms. The fourth-order valence-corrected chi connectivity index (χ4v) is 4.55. The van der Waals surface area contributed by atoms with Crippen LogP contribution in [-0.2, 0) is 10.0 Å². The Kier molecular flexibility index (Phi) is 4.51. The maximum atomic E-state index is 12.9. The van der Waals surface area contributed by atoms with Crippen molar-refractivity contribution < 1.29 is 17.9 Å². The van der Waals surface area contributed by atoms with Gasteiger partial charge in [0.2, 0.25) is 10.0 Å². The van der Waals surface area contributed by atoms with Gasteiger partial charge < -0.3 is 9.47 Å².